The molecule has 0 atom stereocenters. The number of nitrogens with one attached hydrogen (secondary N) is 1. The monoisotopic (exact) mass is 533 g/mol. The first-order chi connectivity index (χ1) is 18.5. The number of hydrogen-bond acceptors (Lipinski definition) is 9. The molecule has 2 N–H and O–H groups in total. The molecule has 0 saturated heterocycles. The second kappa shape index (κ2) is 19.6. The van der Waals surface area contributed by atoms with Crippen LogP contribution in [-0.4, -0.2) is 89.0 Å². The molecule has 0 spiro atoms. The SMILES string of the molecule is O=C(O)CCOCCOCCOCCOCCNC(=O)COc1cccc(C(=O)OCc2ccccc2)c1. The molecule has 0 aliphatic heterocycles. The first-order valence-corrected chi connectivity index (χ1v) is 12.3. The van der Waals surface area contributed by atoms with Gasteiger partial charge in [0.15, 0.2) is 6.61 Å². The van der Waals surface area contributed by atoms with Crippen LogP contribution in [0, 0.1) is 0 Å². The Labute approximate surface area is 221 Å². The number of benzene rings is 2. The number of esters is 1. The fourth-order valence-corrected chi connectivity index (χ4v) is 2.90. The van der Waals surface area contributed by atoms with Gasteiger partial charge >= 0.3 is 11.9 Å². The lowest BCUT2D eigenvalue weighted by Crippen LogP contribution is -2.32. The highest BCUT2D eigenvalue weighted by molar-refractivity contribution is 5.89. The van der Waals surface area contributed by atoms with E-state index in [1.165, 1.54) is 6.07 Å². The van der Waals surface area contributed by atoms with Crippen LogP contribution in [0.1, 0.15) is 22.3 Å². The first kappa shape index (κ1) is 30.7. The average Bonchev–Trinajstić information content (AvgIpc) is 2.93. The number of amides is 1. The summed E-state index contributed by atoms with van der Waals surface area (Å²) < 4.78 is 31.9. The molecule has 0 aliphatic carbocycles. The van der Waals surface area contributed by atoms with Gasteiger partial charge in [-0.3, -0.25) is 9.59 Å². The van der Waals surface area contributed by atoms with Crippen LogP contribution in [0.5, 0.6) is 5.75 Å². The topological polar surface area (TPSA) is 139 Å². The van der Waals surface area contributed by atoms with Crippen LogP contribution in [0.3, 0.4) is 0 Å². The van der Waals surface area contributed by atoms with Crippen molar-refractivity contribution >= 4 is 17.8 Å². The van der Waals surface area contributed by atoms with Gasteiger partial charge < -0.3 is 38.8 Å². The van der Waals surface area contributed by atoms with Crippen LogP contribution >= 0.6 is 0 Å². The molecule has 1 amide bonds. The maximum absolute atomic E-state index is 12.3. The number of carbonyl (C=O) groups is 3. The van der Waals surface area contributed by atoms with Crippen molar-refractivity contribution in [3.05, 3.63) is 65.7 Å². The van der Waals surface area contributed by atoms with E-state index in [-0.39, 0.29) is 32.1 Å². The van der Waals surface area contributed by atoms with E-state index in [0.29, 0.717) is 64.1 Å². The van der Waals surface area contributed by atoms with Gasteiger partial charge in [-0.1, -0.05) is 36.4 Å². The lowest BCUT2D eigenvalue weighted by molar-refractivity contribution is -0.138. The van der Waals surface area contributed by atoms with Crippen LogP contribution < -0.4 is 10.1 Å². The van der Waals surface area contributed by atoms with Gasteiger partial charge in [0.1, 0.15) is 12.4 Å². The van der Waals surface area contributed by atoms with Crippen molar-refractivity contribution in [3.8, 4) is 5.75 Å². The summed E-state index contributed by atoms with van der Waals surface area (Å²) in [5, 5.41) is 11.2. The summed E-state index contributed by atoms with van der Waals surface area (Å²) in [5.74, 6) is -1.29. The van der Waals surface area contributed by atoms with Crippen LogP contribution in [-0.2, 0) is 39.9 Å². The molecule has 208 valence electrons. The summed E-state index contributed by atoms with van der Waals surface area (Å²) in [7, 11) is 0. The van der Waals surface area contributed by atoms with Crippen molar-refractivity contribution in [2.45, 2.75) is 13.0 Å². The van der Waals surface area contributed by atoms with Crippen molar-refractivity contribution < 1.29 is 47.9 Å². The van der Waals surface area contributed by atoms with Crippen molar-refractivity contribution in [2.24, 2.45) is 0 Å². The molecule has 11 heteroatoms. The number of ether oxygens (including phenoxy) is 6. The third-order valence-electron chi connectivity index (χ3n) is 4.80. The lowest BCUT2D eigenvalue weighted by Gasteiger charge is -2.10. The van der Waals surface area contributed by atoms with Crippen molar-refractivity contribution in [2.75, 3.05) is 66.0 Å². The van der Waals surface area contributed by atoms with E-state index in [0.717, 1.165) is 5.56 Å². The molecule has 0 unspecified atom stereocenters. The number of carboxylic acid groups (broad SMARTS) is 1. The van der Waals surface area contributed by atoms with Gasteiger partial charge in [0.25, 0.3) is 5.91 Å². The van der Waals surface area contributed by atoms with E-state index in [4.69, 9.17) is 33.5 Å². The van der Waals surface area contributed by atoms with Gasteiger partial charge in [0.2, 0.25) is 0 Å². The summed E-state index contributed by atoms with van der Waals surface area (Å²) in [5.41, 5.74) is 1.23. The van der Waals surface area contributed by atoms with Gasteiger partial charge in [-0.2, -0.15) is 0 Å². The molecular formula is C27H35NO10. The van der Waals surface area contributed by atoms with E-state index in [1.807, 2.05) is 30.3 Å². The summed E-state index contributed by atoms with van der Waals surface area (Å²) in [6.07, 6.45) is -0.0232. The number of carbonyl (C=O) groups excluding carboxylic acids is 2. The summed E-state index contributed by atoms with van der Waals surface area (Å²) in [4.78, 5) is 34.6. The Morgan fingerprint density at radius 1 is 0.737 bits per heavy atom. The van der Waals surface area contributed by atoms with Crippen molar-refractivity contribution in [1.29, 1.82) is 0 Å². The molecule has 0 radical (unpaired) electrons. The van der Waals surface area contributed by atoms with E-state index in [9.17, 15) is 14.4 Å². The number of rotatable bonds is 21. The minimum Gasteiger partial charge on any atom is -0.484 e. The zero-order valence-electron chi connectivity index (χ0n) is 21.3. The maximum Gasteiger partial charge on any atom is 0.338 e. The molecule has 0 heterocycles. The van der Waals surface area contributed by atoms with Gasteiger partial charge in [-0.15, -0.1) is 0 Å². The maximum atomic E-state index is 12.3. The molecule has 2 rings (SSSR count). The second-order valence-electron chi connectivity index (χ2n) is 7.82. The molecular weight excluding hydrogens is 498 g/mol. The Morgan fingerprint density at radius 2 is 1.37 bits per heavy atom. The predicted molar refractivity (Wildman–Crippen MR) is 136 cm³/mol. The van der Waals surface area contributed by atoms with Gasteiger partial charge in [0, 0.05) is 6.54 Å². The molecule has 0 aliphatic rings. The Morgan fingerprint density at radius 3 is 2.03 bits per heavy atom. The zero-order chi connectivity index (χ0) is 27.3. The third-order valence-corrected chi connectivity index (χ3v) is 4.80. The molecule has 38 heavy (non-hydrogen) atoms. The highest BCUT2D eigenvalue weighted by Gasteiger charge is 2.10. The number of aliphatic carboxylic acids is 1. The van der Waals surface area contributed by atoms with E-state index >= 15 is 0 Å². The molecule has 0 aromatic heterocycles. The van der Waals surface area contributed by atoms with Gasteiger partial charge in [-0.25, -0.2) is 4.79 Å². The van der Waals surface area contributed by atoms with Crippen molar-refractivity contribution in [3.63, 3.8) is 0 Å². The number of carboxylic acids is 1. The smallest absolute Gasteiger partial charge is 0.338 e. The van der Waals surface area contributed by atoms with Crippen LogP contribution in [0.25, 0.3) is 0 Å². The Kier molecular flexibility index (Phi) is 15.8. The molecule has 0 bridgehead atoms. The average molecular weight is 534 g/mol. The van der Waals surface area contributed by atoms with Gasteiger partial charge in [0.05, 0.1) is 64.8 Å². The molecule has 2 aromatic rings. The standard InChI is InChI=1S/C27H35NO10/c29-25(28-10-12-34-14-16-36-18-17-35-15-13-33-11-9-26(30)31)21-37-24-8-4-7-23(19-24)27(32)38-20-22-5-2-1-3-6-22/h1-8,19H,9-18,20-21H2,(H,28,29)(H,30,31). The highest BCUT2D eigenvalue weighted by atomic mass is 16.6. The van der Waals surface area contributed by atoms with Crippen LogP contribution in [0.15, 0.2) is 54.6 Å². The molecule has 0 saturated carbocycles. The minimum atomic E-state index is -0.892. The predicted octanol–water partition coefficient (Wildman–Crippen LogP) is 2.08. The normalized spacial score (nSPS) is 10.6. The molecule has 11 nitrogen and oxygen atoms in total. The number of hydrogen-bond donors (Lipinski definition) is 2. The minimum absolute atomic E-state index is 0.0232. The largest absolute Gasteiger partial charge is 0.484 e. The Hall–Kier alpha value is -3.51. The highest BCUT2D eigenvalue weighted by Crippen LogP contribution is 2.15. The first-order valence-electron chi connectivity index (χ1n) is 12.3. The lowest BCUT2D eigenvalue weighted by atomic mass is 10.2. The van der Waals surface area contributed by atoms with E-state index in [1.54, 1.807) is 18.2 Å². The summed E-state index contributed by atoms with van der Waals surface area (Å²) in [6.45, 7) is 3.05. The third kappa shape index (κ3) is 14.9. The van der Waals surface area contributed by atoms with E-state index in [2.05, 4.69) is 5.32 Å². The van der Waals surface area contributed by atoms with Crippen LogP contribution in [0.2, 0.25) is 0 Å². The summed E-state index contributed by atoms with van der Waals surface area (Å²) >= 11 is 0. The van der Waals surface area contributed by atoms with Crippen LogP contribution in [0.4, 0.5) is 0 Å². The second-order valence-corrected chi connectivity index (χ2v) is 7.82. The molecule has 2 aromatic carbocycles. The Balaban J connectivity index is 1.44. The Bertz CT molecular complexity index is 954. The fourth-order valence-electron chi connectivity index (χ4n) is 2.90. The molecule has 0 fully saturated rings. The van der Waals surface area contributed by atoms with Crippen molar-refractivity contribution in [1.82, 2.24) is 5.32 Å². The summed E-state index contributed by atoms with van der Waals surface area (Å²) in [6, 6.07) is 15.9. The quantitative estimate of drug-likeness (QED) is 0.181. The van der Waals surface area contributed by atoms with Gasteiger partial charge in [-0.05, 0) is 23.8 Å². The van der Waals surface area contributed by atoms with E-state index < -0.39 is 11.9 Å². The fraction of sp³-hybridized carbons (Fsp3) is 0.444. The zero-order valence-corrected chi connectivity index (χ0v) is 21.3.